The number of rotatable bonds is 3. The molecule has 0 aromatic rings. The lowest BCUT2D eigenvalue weighted by molar-refractivity contribution is -0.132. The summed E-state index contributed by atoms with van der Waals surface area (Å²) < 4.78 is 5.02. The molecule has 0 aliphatic carbocycles. The molecule has 5 heteroatoms. The van der Waals surface area contributed by atoms with Crippen molar-refractivity contribution in [3.8, 4) is 0 Å². The normalized spacial score (nSPS) is 14.2. The molecule has 0 aromatic heterocycles. The van der Waals surface area contributed by atoms with E-state index in [9.17, 15) is 9.59 Å². The van der Waals surface area contributed by atoms with Gasteiger partial charge in [0.25, 0.3) is 0 Å². The molecule has 0 rings (SSSR count). The van der Waals surface area contributed by atoms with E-state index in [1.807, 2.05) is 0 Å². The van der Waals surface area contributed by atoms with Crippen LogP contribution in [0.1, 0.15) is 34.6 Å². The van der Waals surface area contributed by atoms with Crippen molar-refractivity contribution < 1.29 is 19.4 Å². The smallest absolute Gasteiger partial charge is 0.408 e. The molecular formula is C11H19NO4. The molecule has 16 heavy (non-hydrogen) atoms. The van der Waals surface area contributed by atoms with E-state index < -0.39 is 17.7 Å². The van der Waals surface area contributed by atoms with E-state index in [1.54, 1.807) is 27.7 Å². The molecule has 0 saturated heterocycles. The van der Waals surface area contributed by atoms with E-state index in [1.165, 1.54) is 13.0 Å². The summed E-state index contributed by atoms with van der Waals surface area (Å²) in [6.45, 7) is 8.42. The molecule has 0 aliphatic rings. The Morgan fingerprint density at radius 2 is 1.88 bits per heavy atom. The molecule has 0 aromatic carbocycles. The molecule has 92 valence electrons. The number of aliphatic carboxylic acids is 1. The van der Waals surface area contributed by atoms with Crippen molar-refractivity contribution in [1.82, 2.24) is 5.32 Å². The number of ether oxygens (including phenoxy) is 1. The van der Waals surface area contributed by atoms with Crippen LogP contribution in [0.2, 0.25) is 0 Å². The Labute approximate surface area is 95.5 Å². The molecule has 2 N–H and O–H groups in total. The highest BCUT2D eigenvalue weighted by Gasteiger charge is 2.17. The fraction of sp³-hybridized carbons (Fsp3) is 0.636. The van der Waals surface area contributed by atoms with Gasteiger partial charge in [0.15, 0.2) is 0 Å². The van der Waals surface area contributed by atoms with Crippen molar-refractivity contribution >= 4 is 12.1 Å². The van der Waals surface area contributed by atoms with Crippen molar-refractivity contribution in [2.24, 2.45) is 0 Å². The topological polar surface area (TPSA) is 75.6 Å². The highest BCUT2D eigenvalue weighted by molar-refractivity contribution is 5.86. The Hall–Kier alpha value is -1.52. The average Bonchev–Trinajstić information content (AvgIpc) is 1.98. The molecule has 1 atom stereocenters. The van der Waals surface area contributed by atoms with Crippen LogP contribution in [0.3, 0.4) is 0 Å². The molecule has 0 radical (unpaired) electrons. The number of alkyl carbamates (subject to hydrolysis) is 1. The SMILES string of the molecule is C/C(=C\[C@H](C)NC(=O)OC(C)(C)C)C(=O)O. The second-order valence-electron chi connectivity index (χ2n) is 4.59. The second kappa shape index (κ2) is 5.53. The first-order chi connectivity index (χ1) is 7.11. The maximum absolute atomic E-state index is 11.3. The molecule has 1 amide bonds. The number of nitrogens with one attached hydrogen (secondary N) is 1. The van der Waals surface area contributed by atoms with Crippen molar-refractivity contribution in [2.75, 3.05) is 0 Å². The van der Waals surface area contributed by atoms with Gasteiger partial charge in [-0.1, -0.05) is 6.08 Å². The lowest BCUT2D eigenvalue weighted by Gasteiger charge is -2.21. The molecule has 0 saturated carbocycles. The van der Waals surface area contributed by atoms with Crippen LogP contribution in [0.25, 0.3) is 0 Å². The molecule has 0 heterocycles. The minimum atomic E-state index is -1.00. The van der Waals surface area contributed by atoms with Gasteiger partial charge in [-0.05, 0) is 34.6 Å². The summed E-state index contributed by atoms with van der Waals surface area (Å²) in [5, 5.41) is 11.2. The zero-order chi connectivity index (χ0) is 12.9. The number of carbonyl (C=O) groups is 2. The van der Waals surface area contributed by atoms with Gasteiger partial charge in [0.05, 0.1) is 0 Å². The van der Waals surface area contributed by atoms with E-state index in [0.717, 1.165) is 0 Å². The average molecular weight is 229 g/mol. The van der Waals surface area contributed by atoms with Gasteiger partial charge >= 0.3 is 12.1 Å². The molecule has 0 spiro atoms. The molecule has 0 fully saturated rings. The minimum Gasteiger partial charge on any atom is -0.478 e. The number of carbonyl (C=O) groups excluding carboxylic acids is 1. The van der Waals surface area contributed by atoms with E-state index in [-0.39, 0.29) is 11.6 Å². The van der Waals surface area contributed by atoms with Gasteiger partial charge in [0, 0.05) is 11.6 Å². The van der Waals surface area contributed by atoms with E-state index >= 15 is 0 Å². The predicted octanol–water partition coefficient (Wildman–Crippen LogP) is 1.93. The van der Waals surface area contributed by atoms with Crippen LogP contribution in [0, 0.1) is 0 Å². The summed E-state index contributed by atoms with van der Waals surface area (Å²) in [4.78, 5) is 21.8. The Kier molecular flexibility index (Phi) is 5.01. The predicted molar refractivity (Wildman–Crippen MR) is 60.2 cm³/mol. The molecule has 0 aliphatic heterocycles. The number of hydrogen-bond acceptors (Lipinski definition) is 3. The van der Waals surface area contributed by atoms with Crippen molar-refractivity contribution in [3.63, 3.8) is 0 Å². The maximum atomic E-state index is 11.3. The first-order valence-electron chi connectivity index (χ1n) is 5.03. The summed E-state index contributed by atoms with van der Waals surface area (Å²) in [5.41, 5.74) is -0.376. The van der Waals surface area contributed by atoms with Gasteiger partial charge in [-0.15, -0.1) is 0 Å². The summed E-state index contributed by atoms with van der Waals surface area (Å²) >= 11 is 0. The van der Waals surface area contributed by atoms with Crippen LogP contribution in [0.4, 0.5) is 4.79 Å². The summed E-state index contributed by atoms with van der Waals surface area (Å²) in [5.74, 6) is -1.00. The summed E-state index contributed by atoms with van der Waals surface area (Å²) in [7, 11) is 0. The number of carboxylic acids is 1. The van der Waals surface area contributed by atoms with Crippen LogP contribution in [-0.2, 0) is 9.53 Å². The highest BCUT2D eigenvalue weighted by Crippen LogP contribution is 2.07. The summed E-state index contributed by atoms with van der Waals surface area (Å²) in [6.07, 6.45) is 0.890. The Morgan fingerprint density at radius 3 is 2.25 bits per heavy atom. The van der Waals surface area contributed by atoms with Crippen LogP contribution >= 0.6 is 0 Å². The first-order valence-corrected chi connectivity index (χ1v) is 5.03. The van der Waals surface area contributed by atoms with E-state index in [0.29, 0.717) is 0 Å². The lowest BCUT2D eigenvalue weighted by Crippen LogP contribution is -2.37. The van der Waals surface area contributed by atoms with Crippen LogP contribution in [0.5, 0.6) is 0 Å². The molecule has 0 bridgehead atoms. The van der Waals surface area contributed by atoms with Crippen LogP contribution in [0.15, 0.2) is 11.6 Å². The lowest BCUT2D eigenvalue weighted by atomic mass is 10.2. The fourth-order valence-electron chi connectivity index (χ4n) is 0.981. The third-order valence-corrected chi connectivity index (χ3v) is 1.58. The Morgan fingerprint density at radius 1 is 1.38 bits per heavy atom. The fourth-order valence-corrected chi connectivity index (χ4v) is 0.981. The Balaban J connectivity index is 4.26. The number of carboxylic acid groups (broad SMARTS) is 1. The number of hydrogen-bond donors (Lipinski definition) is 2. The van der Waals surface area contributed by atoms with Gasteiger partial charge in [-0.3, -0.25) is 0 Å². The van der Waals surface area contributed by atoms with Gasteiger partial charge < -0.3 is 15.2 Å². The maximum Gasteiger partial charge on any atom is 0.408 e. The highest BCUT2D eigenvalue weighted by atomic mass is 16.6. The van der Waals surface area contributed by atoms with Gasteiger partial charge in [-0.25, -0.2) is 9.59 Å². The molecule has 5 nitrogen and oxygen atoms in total. The number of amides is 1. The third-order valence-electron chi connectivity index (χ3n) is 1.58. The van der Waals surface area contributed by atoms with Crippen LogP contribution < -0.4 is 5.32 Å². The monoisotopic (exact) mass is 229 g/mol. The zero-order valence-electron chi connectivity index (χ0n) is 10.3. The van der Waals surface area contributed by atoms with Gasteiger partial charge in [-0.2, -0.15) is 0 Å². The molecular weight excluding hydrogens is 210 g/mol. The summed E-state index contributed by atoms with van der Waals surface area (Å²) in [6, 6.07) is -0.383. The van der Waals surface area contributed by atoms with Gasteiger partial charge in [0.2, 0.25) is 0 Å². The van der Waals surface area contributed by atoms with Gasteiger partial charge in [0.1, 0.15) is 5.60 Å². The van der Waals surface area contributed by atoms with Crippen molar-refractivity contribution in [1.29, 1.82) is 0 Å². The third kappa shape index (κ3) is 6.86. The zero-order valence-corrected chi connectivity index (χ0v) is 10.3. The Bertz CT molecular complexity index is 302. The minimum absolute atomic E-state index is 0.184. The standard InChI is InChI=1S/C11H19NO4/c1-7(9(13)14)6-8(2)12-10(15)16-11(3,4)5/h6,8H,1-5H3,(H,12,15)(H,13,14)/b7-6+/t8-/m0/s1. The largest absolute Gasteiger partial charge is 0.478 e. The van der Waals surface area contributed by atoms with E-state index in [4.69, 9.17) is 9.84 Å². The first kappa shape index (κ1) is 14.5. The molecule has 0 unspecified atom stereocenters. The van der Waals surface area contributed by atoms with Crippen molar-refractivity contribution in [2.45, 2.75) is 46.3 Å². The van der Waals surface area contributed by atoms with Crippen molar-refractivity contribution in [3.05, 3.63) is 11.6 Å². The quantitative estimate of drug-likeness (QED) is 0.725. The van der Waals surface area contributed by atoms with E-state index in [2.05, 4.69) is 5.32 Å². The van der Waals surface area contributed by atoms with Crippen LogP contribution in [-0.4, -0.2) is 28.8 Å². The second-order valence-corrected chi connectivity index (χ2v) is 4.59.